The monoisotopic (exact) mass is 562 g/mol. The number of fused-ring (bicyclic) bond motifs is 1. The van der Waals surface area contributed by atoms with Gasteiger partial charge in [-0.15, -0.1) is 0 Å². The summed E-state index contributed by atoms with van der Waals surface area (Å²) in [7, 11) is 1.45. The Labute approximate surface area is 212 Å². The molecule has 1 aromatic heterocycles. The number of thiazole rings is 1. The van der Waals surface area contributed by atoms with Gasteiger partial charge in [0.2, 0.25) is 0 Å². The lowest BCUT2D eigenvalue weighted by molar-refractivity contribution is -0.139. The fraction of sp³-hybridized carbons (Fsp3) is 0.208. The van der Waals surface area contributed by atoms with Gasteiger partial charge in [0.05, 0.1) is 35.6 Å². The van der Waals surface area contributed by atoms with Gasteiger partial charge in [0.15, 0.2) is 16.3 Å². The Morgan fingerprint density at radius 1 is 1.32 bits per heavy atom. The van der Waals surface area contributed by atoms with Crippen molar-refractivity contribution < 1.29 is 19.4 Å². The molecule has 10 heteroatoms. The first-order valence-electron chi connectivity index (χ1n) is 10.3. The molecule has 2 heterocycles. The molecule has 0 spiro atoms. The van der Waals surface area contributed by atoms with Crippen molar-refractivity contribution in [3.8, 4) is 11.5 Å². The molecule has 0 saturated heterocycles. The van der Waals surface area contributed by atoms with Crippen LogP contribution in [0.3, 0.4) is 0 Å². The Kier molecular flexibility index (Phi) is 6.97. The highest BCUT2D eigenvalue weighted by Crippen LogP contribution is 2.34. The third kappa shape index (κ3) is 4.43. The maximum Gasteiger partial charge on any atom is 0.338 e. The maximum absolute atomic E-state index is 13.6. The van der Waals surface area contributed by atoms with Crippen LogP contribution in [0.2, 0.25) is 5.02 Å². The first-order chi connectivity index (χ1) is 16.2. The first kappa shape index (κ1) is 24.3. The minimum absolute atomic E-state index is 0.0887. The molecule has 176 valence electrons. The van der Waals surface area contributed by atoms with Crippen molar-refractivity contribution in [2.45, 2.75) is 19.9 Å². The molecule has 0 fully saturated rings. The van der Waals surface area contributed by atoms with Crippen LogP contribution in [-0.2, 0) is 9.53 Å². The number of phenolic OH excluding ortho intramolecular Hbond substituents is 1. The number of ether oxygens (including phenoxy) is 2. The number of benzene rings is 2. The van der Waals surface area contributed by atoms with Crippen molar-refractivity contribution in [1.82, 2.24) is 4.57 Å². The Morgan fingerprint density at radius 2 is 2.03 bits per heavy atom. The Hall–Kier alpha value is -2.88. The van der Waals surface area contributed by atoms with E-state index in [0.717, 1.165) is 0 Å². The van der Waals surface area contributed by atoms with E-state index in [1.54, 1.807) is 56.3 Å². The second kappa shape index (κ2) is 9.77. The highest BCUT2D eigenvalue weighted by molar-refractivity contribution is 9.10. The van der Waals surface area contributed by atoms with Crippen molar-refractivity contribution >= 4 is 50.9 Å². The zero-order chi connectivity index (χ0) is 24.6. The quantitative estimate of drug-likeness (QED) is 0.475. The Balaban J connectivity index is 1.97. The fourth-order valence-electron chi connectivity index (χ4n) is 3.75. The smallest absolute Gasteiger partial charge is 0.338 e. The number of halogens is 2. The maximum atomic E-state index is 13.6. The predicted octanol–water partition coefficient (Wildman–Crippen LogP) is 3.93. The van der Waals surface area contributed by atoms with Gasteiger partial charge in [-0.3, -0.25) is 9.36 Å². The Bertz CT molecular complexity index is 1490. The fourth-order valence-corrected chi connectivity index (χ4v) is 5.37. The zero-order valence-electron chi connectivity index (χ0n) is 18.5. The van der Waals surface area contributed by atoms with Crippen LogP contribution < -0.4 is 19.6 Å². The summed E-state index contributed by atoms with van der Waals surface area (Å²) in [6.07, 6.45) is 1.58. The SMILES string of the molecule is CCOC(=O)C1=C(C)N=c2sc(=Cc3cc(Br)cc(OC)c3O)c(=O)n2C1c1ccc(Cl)cc1. The summed E-state index contributed by atoms with van der Waals surface area (Å²) in [6, 6.07) is 9.53. The third-order valence-corrected chi connectivity index (χ3v) is 6.97. The van der Waals surface area contributed by atoms with Gasteiger partial charge in [-0.1, -0.05) is 51.0 Å². The summed E-state index contributed by atoms with van der Waals surface area (Å²) in [4.78, 5) is 31.5. The second-order valence-electron chi connectivity index (χ2n) is 7.40. The number of nitrogens with zero attached hydrogens (tertiary/aromatic N) is 2. The minimum atomic E-state index is -0.736. The average Bonchev–Trinajstić information content (AvgIpc) is 3.10. The second-order valence-corrected chi connectivity index (χ2v) is 9.76. The molecule has 1 N–H and O–H groups in total. The van der Waals surface area contributed by atoms with Crippen LogP contribution in [0, 0.1) is 0 Å². The molecule has 1 aliphatic rings. The van der Waals surface area contributed by atoms with E-state index in [0.29, 0.717) is 35.7 Å². The number of aromatic hydroxyl groups is 1. The normalized spacial score (nSPS) is 15.7. The lowest BCUT2D eigenvalue weighted by Crippen LogP contribution is -2.39. The van der Waals surface area contributed by atoms with Crippen molar-refractivity contribution in [3.05, 3.63) is 88.0 Å². The van der Waals surface area contributed by atoms with Gasteiger partial charge in [0, 0.05) is 15.1 Å². The average molecular weight is 564 g/mol. The van der Waals surface area contributed by atoms with Crippen LogP contribution in [0.25, 0.3) is 6.08 Å². The van der Waals surface area contributed by atoms with Gasteiger partial charge < -0.3 is 14.6 Å². The van der Waals surface area contributed by atoms with E-state index in [9.17, 15) is 14.7 Å². The number of methoxy groups -OCH3 is 1. The molecule has 7 nitrogen and oxygen atoms in total. The zero-order valence-corrected chi connectivity index (χ0v) is 21.6. The van der Waals surface area contributed by atoms with Gasteiger partial charge in [-0.25, -0.2) is 9.79 Å². The molecule has 34 heavy (non-hydrogen) atoms. The summed E-state index contributed by atoms with van der Waals surface area (Å²) in [5.74, 6) is -0.352. The van der Waals surface area contributed by atoms with E-state index in [2.05, 4.69) is 20.9 Å². The van der Waals surface area contributed by atoms with E-state index >= 15 is 0 Å². The van der Waals surface area contributed by atoms with Crippen molar-refractivity contribution in [1.29, 1.82) is 0 Å². The lowest BCUT2D eigenvalue weighted by atomic mass is 9.96. The van der Waals surface area contributed by atoms with Gasteiger partial charge in [-0.05, 0) is 49.8 Å². The van der Waals surface area contributed by atoms with E-state index in [-0.39, 0.29) is 29.2 Å². The highest BCUT2D eigenvalue weighted by atomic mass is 79.9. The highest BCUT2D eigenvalue weighted by Gasteiger charge is 2.33. The number of aromatic nitrogens is 1. The number of rotatable bonds is 5. The summed E-state index contributed by atoms with van der Waals surface area (Å²) in [6.45, 7) is 3.63. The minimum Gasteiger partial charge on any atom is -0.504 e. The molecule has 1 aliphatic heterocycles. The van der Waals surface area contributed by atoms with Gasteiger partial charge >= 0.3 is 5.97 Å². The molecule has 4 rings (SSSR count). The van der Waals surface area contributed by atoms with E-state index in [1.807, 2.05) is 0 Å². The molecule has 0 amide bonds. The van der Waals surface area contributed by atoms with Crippen LogP contribution in [0.15, 0.2) is 61.9 Å². The summed E-state index contributed by atoms with van der Waals surface area (Å²) in [5, 5.41) is 11.1. The van der Waals surface area contributed by atoms with E-state index < -0.39 is 12.0 Å². The van der Waals surface area contributed by atoms with Crippen molar-refractivity contribution in [2.75, 3.05) is 13.7 Å². The van der Waals surface area contributed by atoms with Crippen molar-refractivity contribution in [3.63, 3.8) is 0 Å². The molecular weight excluding hydrogens is 544 g/mol. The lowest BCUT2D eigenvalue weighted by Gasteiger charge is -2.24. The van der Waals surface area contributed by atoms with Gasteiger partial charge in [0.1, 0.15) is 0 Å². The molecule has 0 bridgehead atoms. The standard InChI is InChI=1S/C24H20BrClN2O5S/c1-4-33-23(31)19-12(2)27-24-28(20(19)13-5-7-16(26)8-6-13)22(30)18(34-24)10-14-9-15(25)11-17(32-3)21(14)29/h5-11,20,29H,4H2,1-3H3. The topological polar surface area (TPSA) is 90.1 Å². The van der Waals surface area contributed by atoms with E-state index in [1.165, 1.54) is 23.0 Å². The number of hydrogen-bond acceptors (Lipinski definition) is 7. The molecule has 1 atom stereocenters. The van der Waals surface area contributed by atoms with Crippen LogP contribution in [0.1, 0.15) is 31.0 Å². The number of hydrogen-bond donors (Lipinski definition) is 1. The molecule has 3 aromatic rings. The number of allylic oxidation sites excluding steroid dienone is 1. The molecule has 0 saturated carbocycles. The number of carbonyl (C=O) groups excluding carboxylic acids is 1. The van der Waals surface area contributed by atoms with Crippen LogP contribution in [0.5, 0.6) is 11.5 Å². The Morgan fingerprint density at radius 3 is 2.68 bits per heavy atom. The molecule has 1 unspecified atom stereocenters. The summed E-state index contributed by atoms with van der Waals surface area (Å²) in [5.41, 5.74) is 1.51. The molecular formula is C24H20BrClN2O5S. The predicted molar refractivity (Wildman–Crippen MR) is 134 cm³/mol. The summed E-state index contributed by atoms with van der Waals surface area (Å²) >= 11 is 10.6. The number of esters is 1. The largest absolute Gasteiger partial charge is 0.504 e. The van der Waals surface area contributed by atoms with Crippen LogP contribution in [-0.4, -0.2) is 29.4 Å². The van der Waals surface area contributed by atoms with Crippen molar-refractivity contribution in [2.24, 2.45) is 4.99 Å². The van der Waals surface area contributed by atoms with E-state index in [4.69, 9.17) is 21.1 Å². The third-order valence-electron chi connectivity index (χ3n) is 5.28. The van der Waals surface area contributed by atoms with Crippen LogP contribution >= 0.6 is 38.9 Å². The summed E-state index contributed by atoms with van der Waals surface area (Å²) < 4.78 is 13.0. The first-order valence-corrected chi connectivity index (χ1v) is 12.3. The molecule has 0 radical (unpaired) electrons. The van der Waals surface area contributed by atoms with Crippen LogP contribution in [0.4, 0.5) is 0 Å². The molecule has 2 aromatic carbocycles. The molecule has 0 aliphatic carbocycles. The van der Waals surface area contributed by atoms with Gasteiger partial charge in [-0.2, -0.15) is 0 Å². The number of carbonyl (C=O) groups is 1. The number of phenols is 1. The van der Waals surface area contributed by atoms with Gasteiger partial charge in [0.25, 0.3) is 5.56 Å².